The van der Waals surface area contributed by atoms with Crippen LogP contribution in [0, 0.1) is 12.8 Å². The van der Waals surface area contributed by atoms with Crippen molar-refractivity contribution in [3.8, 4) is 16.9 Å². The van der Waals surface area contributed by atoms with Crippen molar-refractivity contribution in [1.29, 1.82) is 0 Å². The number of aryl methyl sites for hydroxylation is 1. The van der Waals surface area contributed by atoms with Crippen molar-refractivity contribution in [3.63, 3.8) is 0 Å². The third-order valence-electron chi connectivity index (χ3n) is 8.52. The number of benzene rings is 3. The van der Waals surface area contributed by atoms with E-state index in [-0.39, 0.29) is 25.0 Å². The minimum absolute atomic E-state index is 0. The summed E-state index contributed by atoms with van der Waals surface area (Å²) in [5, 5.41) is 12.4. The Hall–Kier alpha value is -2.73. The van der Waals surface area contributed by atoms with Gasteiger partial charge in [0.25, 0.3) is 5.91 Å². The molecular weight excluding hydrogens is 593 g/mol. The zero-order valence-corrected chi connectivity index (χ0v) is 27.6. The number of carboxylic acid groups (broad SMARTS) is 1. The topological polar surface area (TPSA) is 94.1 Å². The van der Waals surface area contributed by atoms with Crippen LogP contribution in [0.3, 0.4) is 0 Å². The van der Waals surface area contributed by atoms with E-state index in [1.165, 1.54) is 32.1 Å². The molecule has 244 valence electrons. The normalized spacial score (nSPS) is 14.6. The van der Waals surface area contributed by atoms with Gasteiger partial charge in [0.05, 0.1) is 33.0 Å². The molecule has 0 spiro atoms. The molecule has 2 N–H and O–H groups in total. The van der Waals surface area contributed by atoms with Gasteiger partial charge in [0, 0.05) is 5.56 Å². The van der Waals surface area contributed by atoms with Crippen molar-refractivity contribution in [2.75, 3.05) is 25.7 Å². The van der Waals surface area contributed by atoms with Crippen molar-refractivity contribution in [2.45, 2.75) is 77.2 Å². The van der Waals surface area contributed by atoms with Crippen LogP contribution >= 0.6 is 11.8 Å². The Morgan fingerprint density at radius 1 is 0.957 bits per heavy atom. The van der Waals surface area contributed by atoms with Crippen LogP contribution in [-0.4, -0.2) is 73.7 Å². The molecule has 4 rings (SSSR count). The third-order valence-corrected chi connectivity index (χ3v) is 9.16. The molecule has 0 heterocycles. The summed E-state index contributed by atoms with van der Waals surface area (Å²) in [6, 6.07) is 20.6. The minimum atomic E-state index is -1.03. The van der Waals surface area contributed by atoms with Crippen LogP contribution in [0.4, 0.5) is 0 Å². The quantitative estimate of drug-likeness (QED) is 0.153. The molecule has 1 saturated carbocycles. The number of hydrogen-bond donors (Lipinski definition) is 2. The fraction of sp³-hybridized carbons (Fsp3) is 0.459. The first kappa shape index (κ1) is 37.7. The van der Waals surface area contributed by atoms with Crippen molar-refractivity contribution in [1.82, 2.24) is 5.32 Å². The van der Waals surface area contributed by atoms with Gasteiger partial charge in [0.2, 0.25) is 0 Å². The number of carboxylic acids is 1. The van der Waals surface area contributed by atoms with Gasteiger partial charge in [-0.3, -0.25) is 4.79 Å². The summed E-state index contributed by atoms with van der Waals surface area (Å²) in [6.45, 7) is 3.37. The van der Waals surface area contributed by atoms with Gasteiger partial charge in [-0.2, -0.15) is 11.8 Å². The van der Waals surface area contributed by atoms with Crippen LogP contribution in [0.25, 0.3) is 11.1 Å². The summed E-state index contributed by atoms with van der Waals surface area (Å²) in [6.07, 6.45) is 9.59. The number of amides is 1. The van der Waals surface area contributed by atoms with Crippen LogP contribution < -0.4 is 10.1 Å². The Balaban J connectivity index is 0.00000576. The Bertz CT molecular complexity index is 1380. The second kappa shape index (κ2) is 19.8. The van der Waals surface area contributed by atoms with Crippen LogP contribution in [0.5, 0.6) is 5.75 Å². The maximum absolute atomic E-state index is 13.4. The molecule has 0 aliphatic heterocycles. The average molecular weight is 642 g/mol. The second-order valence-electron chi connectivity index (χ2n) is 11.9. The average Bonchev–Trinajstić information content (AvgIpc) is 3.06. The number of methoxy groups -OCH3 is 1. The van der Waals surface area contributed by atoms with Gasteiger partial charge in [0.1, 0.15) is 11.8 Å². The van der Waals surface area contributed by atoms with E-state index in [9.17, 15) is 14.7 Å². The SMILES string of the molecule is COc1ccc(COC(COCc2ccc(C(=O)N[C@@H](CCSC)C(=O)O)c(-c3ccccc3C)c2)CC2CCCCC2)cc1.[LiH]. The van der Waals surface area contributed by atoms with Gasteiger partial charge in [-0.05, 0) is 89.8 Å². The Morgan fingerprint density at radius 3 is 2.35 bits per heavy atom. The molecule has 1 fully saturated rings. The predicted molar refractivity (Wildman–Crippen MR) is 188 cm³/mol. The summed E-state index contributed by atoms with van der Waals surface area (Å²) in [7, 11) is 1.66. The molecule has 3 aromatic rings. The molecule has 2 atom stereocenters. The van der Waals surface area contributed by atoms with Gasteiger partial charge >= 0.3 is 24.8 Å². The van der Waals surface area contributed by atoms with Crippen molar-refractivity contribution in [2.24, 2.45) is 5.92 Å². The van der Waals surface area contributed by atoms with E-state index in [2.05, 4.69) is 5.32 Å². The summed E-state index contributed by atoms with van der Waals surface area (Å²) in [4.78, 5) is 25.3. The zero-order chi connectivity index (χ0) is 32.0. The van der Waals surface area contributed by atoms with Gasteiger partial charge in [-0.25, -0.2) is 4.79 Å². The molecule has 46 heavy (non-hydrogen) atoms. The molecule has 1 aliphatic rings. The third kappa shape index (κ3) is 11.5. The fourth-order valence-electron chi connectivity index (χ4n) is 5.93. The second-order valence-corrected chi connectivity index (χ2v) is 12.9. The van der Waals surface area contributed by atoms with E-state index >= 15 is 0 Å². The number of carbonyl (C=O) groups excluding carboxylic acids is 1. The van der Waals surface area contributed by atoms with E-state index in [1.807, 2.05) is 73.8 Å². The van der Waals surface area contributed by atoms with Gasteiger partial charge < -0.3 is 24.6 Å². The number of hydrogen-bond acceptors (Lipinski definition) is 6. The first-order chi connectivity index (χ1) is 21.9. The number of ether oxygens (including phenoxy) is 3. The number of thioether (sulfide) groups is 1. The van der Waals surface area contributed by atoms with Crippen molar-refractivity contribution in [3.05, 3.63) is 89.0 Å². The number of rotatable bonds is 17. The standard InChI is InChI=1S/C37H47NO6S.Li.H/c1-26-9-7-8-12-32(26)34-22-29(15-18-33(34)36(39)38-35(37(40)41)19-20-45-3)23-43-25-31(21-27-10-5-4-6-11-27)44-24-28-13-16-30(42-2)17-14-28;;/h7-9,12-18,22,27,31,35H,4-6,10-11,19-21,23-25H2,1-3H3,(H,38,39)(H,40,41);;/t31?,35-;;/m0../s1. The Kier molecular flexibility index (Phi) is 16.3. The van der Waals surface area contributed by atoms with E-state index in [0.29, 0.717) is 43.5 Å². The van der Waals surface area contributed by atoms with E-state index in [0.717, 1.165) is 40.0 Å². The Labute approximate surface area is 290 Å². The Morgan fingerprint density at radius 2 is 1.67 bits per heavy atom. The molecular formula is C37H48LiNO6S. The molecule has 7 nitrogen and oxygen atoms in total. The van der Waals surface area contributed by atoms with Crippen LogP contribution in [0.1, 0.15) is 72.0 Å². The molecule has 3 aromatic carbocycles. The number of carbonyl (C=O) groups is 2. The van der Waals surface area contributed by atoms with E-state index in [4.69, 9.17) is 14.2 Å². The molecule has 0 bridgehead atoms. The molecule has 1 amide bonds. The van der Waals surface area contributed by atoms with E-state index in [1.54, 1.807) is 24.9 Å². The fourth-order valence-corrected chi connectivity index (χ4v) is 6.40. The first-order valence-electron chi connectivity index (χ1n) is 15.9. The predicted octanol–water partition coefficient (Wildman–Crippen LogP) is 7.03. The van der Waals surface area contributed by atoms with Gasteiger partial charge in [-0.1, -0.05) is 74.6 Å². The molecule has 0 saturated heterocycles. The molecule has 1 unspecified atom stereocenters. The molecule has 0 radical (unpaired) electrons. The van der Waals surface area contributed by atoms with Crippen LogP contribution in [-0.2, 0) is 27.5 Å². The maximum atomic E-state index is 13.4. The van der Waals surface area contributed by atoms with Crippen molar-refractivity contribution < 1.29 is 28.9 Å². The number of nitrogens with one attached hydrogen (secondary N) is 1. The van der Waals surface area contributed by atoms with Crippen LogP contribution in [0.15, 0.2) is 66.7 Å². The molecule has 9 heteroatoms. The summed E-state index contributed by atoms with van der Waals surface area (Å²) in [5.41, 5.74) is 5.20. The first-order valence-corrected chi connectivity index (χ1v) is 17.3. The summed E-state index contributed by atoms with van der Waals surface area (Å²) >= 11 is 1.55. The molecule has 1 aliphatic carbocycles. The van der Waals surface area contributed by atoms with Gasteiger partial charge in [-0.15, -0.1) is 0 Å². The van der Waals surface area contributed by atoms with E-state index < -0.39 is 17.9 Å². The molecule has 0 aromatic heterocycles. The van der Waals surface area contributed by atoms with Crippen molar-refractivity contribution >= 4 is 42.5 Å². The summed E-state index contributed by atoms with van der Waals surface area (Å²) < 4.78 is 18.0. The summed E-state index contributed by atoms with van der Waals surface area (Å²) in [5.74, 6) is 0.695. The van der Waals surface area contributed by atoms with Crippen LogP contribution in [0.2, 0.25) is 0 Å². The monoisotopic (exact) mass is 641 g/mol. The zero-order valence-electron chi connectivity index (χ0n) is 26.8. The van der Waals surface area contributed by atoms with Gasteiger partial charge in [0.15, 0.2) is 0 Å². The number of aliphatic carboxylic acids is 1.